The third-order valence-corrected chi connectivity index (χ3v) is 4.62. The van der Waals surface area contributed by atoms with E-state index in [0.717, 1.165) is 35.5 Å². The van der Waals surface area contributed by atoms with Crippen molar-refractivity contribution in [2.45, 2.75) is 12.8 Å². The van der Waals surface area contributed by atoms with Gasteiger partial charge in [0.1, 0.15) is 17.3 Å². The van der Waals surface area contributed by atoms with Crippen molar-refractivity contribution in [1.82, 2.24) is 4.98 Å². The standard InChI is InChI=1S/C25H20FNO/c26-23-11-7-21(8-12-23)22-9-15-25(16-10-22)28-24-13-5-19(6-14-24)3-4-20-2-1-17-27-18-20/h1-2,5-18H,3-4H2. The Hall–Kier alpha value is -3.46. The molecule has 0 N–H and O–H groups in total. The van der Waals surface area contributed by atoms with E-state index in [1.165, 1.54) is 23.3 Å². The minimum Gasteiger partial charge on any atom is -0.457 e. The SMILES string of the molecule is Fc1ccc(-c2ccc(Oc3ccc(CCc4cccnc4)cc3)cc2)cc1. The Labute approximate surface area is 164 Å². The van der Waals surface area contributed by atoms with Crippen LogP contribution in [0.4, 0.5) is 4.39 Å². The lowest BCUT2D eigenvalue weighted by molar-refractivity contribution is 0.482. The number of ether oxygens (including phenoxy) is 1. The van der Waals surface area contributed by atoms with Crippen LogP contribution in [0, 0.1) is 5.82 Å². The highest BCUT2D eigenvalue weighted by Crippen LogP contribution is 2.26. The molecule has 0 aliphatic heterocycles. The molecule has 28 heavy (non-hydrogen) atoms. The Morgan fingerprint density at radius 2 is 1.21 bits per heavy atom. The maximum atomic E-state index is 13.0. The zero-order chi connectivity index (χ0) is 19.2. The van der Waals surface area contributed by atoms with E-state index in [2.05, 4.69) is 23.2 Å². The predicted molar refractivity (Wildman–Crippen MR) is 110 cm³/mol. The fourth-order valence-corrected chi connectivity index (χ4v) is 3.05. The molecule has 3 heteroatoms. The van der Waals surface area contributed by atoms with Gasteiger partial charge in [0.2, 0.25) is 0 Å². The van der Waals surface area contributed by atoms with Crippen LogP contribution in [0.15, 0.2) is 97.3 Å². The van der Waals surface area contributed by atoms with Gasteiger partial charge in [0.25, 0.3) is 0 Å². The molecule has 0 spiro atoms. The Kier molecular flexibility index (Phi) is 5.43. The molecule has 0 aliphatic carbocycles. The maximum absolute atomic E-state index is 13.0. The lowest BCUT2D eigenvalue weighted by Crippen LogP contribution is -1.92. The van der Waals surface area contributed by atoms with Crippen LogP contribution in [-0.2, 0) is 12.8 Å². The zero-order valence-electron chi connectivity index (χ0n) is 15.4. The largest absolute Gasteiger partial charge is 0.457 e. The van der Waals surface area contributed by atoms with Gasteiger partial charge < -0.3 is 4.74 Å². The number of hydrogen-bond acceptors (Lipinski definition) is 2. The van der Waals surface area contributed by atoms with Crippen molar-refractivity contribution < 1.29 is 9.13 Å². The molecule has 138 valence electrons. The van der Waals surface area contributed by atoms with Crippen LogP contribution in [-0.4, -0.2) is 4.98 Å². The van der Waals surface area contributed by atoms with Gasteiger partial charge in [0.05, 0.1) is 0 Å². The Balaban J connectivity index is 1.37. The summed E-state index contributed by atoms with van der Waals surface area (Å²) in [6.45, 7) is 0. The first kappa shape index (κ1) is 17.9. The smallest absolute Gasteiger partial charge is 0.127 e. The Morgan fingerprint density at radius 3 is 1.82 bits per heavy atom. The van der Waals surface area contributed by atoms with Gasteiger partial charge in [-0.05, 0) is 77.6 Å². The topological polar surface area (TPSA) is 22.1 Å². The van der Waals surface area contributed by atoms with Crippen molar-refractivity contribution in [2.75, 3.05) is 0 Å². The van der Waals surface area contributed by atoms with Crippen molar-refractivity contribution >= 4 is 0 Å². The third-order valence-electron chi connectivity index (χ3n) is 4.62. The van der Waals surface area contributed by atoms with Crippen molar-refractivity contribution in [2.24, 2.45) is 0 Å². The van der Waals surface area contributed by atoms with Gasteiger partial charge in [-0.1, -0.05) is 42.5 Å². The van der Waals surface area contributed by atoms with Crippen LogP contribution in [0.1, 0.15) is 11.1 Å². The Bertz CT molecular complexity index is 1010. The normalized spacial score (nSPS) is 10.6. The summed E-state index contributed by atoms with van der Waals surface area (Å²) >= 11 is 0. The highest BCUT2D eigenvalue weighted by Gasteiger charge is 2.02. The lowest BCUT2D eigenvalue weighted by Gasteiger charge is -2.08. The molecule has 0 fully saturated rings. The molecule has 0 saturated carbocycles. The Morgan fingerprint density at radius 1 is 0.643 bits per heavy atom. The second-order valence-electron chi connectivity index (χ2n) is 6.64. The number of benzene rings is 3. The first-order valence-electron chi connectivity index (χ1n) is 9.28. The van der Waals surface area contributed by atoms with E-state index in [9.17, 15) is 4.39 Å². The van der Waals surface area contributed by atoms with E-state index < -0.39 is 0 Å². The molecule has 0 unspecified atom stereocenters. The number of aromatic nitrogens is 1. The summed E-state index contributed by atoms with van der Waals surface area (Å²) in [5, 5.41) is 0. The monoisotopic (exact) mass is 369 g/mol. The second-order valence-corrected chi connectivity index (χ2v) is 6.64. The number of nitrogens with zero attached hydrogens (tertiary/aromatic N) is 1. The summed E-state index contributed by atoms with van der Waals surface area (Å²) in [6, 6.07) is 26.5. The third kappa shape index (κ3) is 4.63. The van der Waals surface area contributed by atoms with E-state index in [1.54, 1.807) is 18.3 Å². The van der Waals surface area contributed by atoms with Crippen LogP contribution < -0.4 is 4.74 Å². The molecule has 0 atom stereocenters. The van der Waals surface area contributed by atoms with Crippen molar-refractivity contribution in [3.05, 3.63) is 114 Å². The highest BCUT2D eigenvalue weighted by atomic mass is 19.1. The van der Waals surface area contributed by atoms with Gasteiger partial charge in [-0.15, -0.1) is 0 Å². The molecule has 4 aromatic rings. The van der Waals surface area contributed by atoms with Crippen molar-refractivity contribution in [3.63, 3.8) is 0 Å². The van der Waals surface area contributed by atoms with Crippen LogP contribution in [0.5, 0.6) is 11.5 Å². The van der Waals surface area contributed by atoms with Gasteiger partial charge in [0, 0.05) is 12.4 Å². The number of rotatable bonds is 6. The quantitative estimate of drug-likeness (QED) is 0.389. The molecular weight excluding hydrogens is 349 g/mol. The molecule has 0 saturated heterocycles. The van der Waals surface area contributed by atoms with Gasteiger partial charge in [-0.25, -0.2) is 4.39 Å². The minimum absolute atomic E-state index is 0.229. The van der Waals surface area contributed by atoms with Gasteiger partial charge in [-0.3, -0.25) is 4.98 Å². The summed E-state index contributed by atoms with van der Waals surface area (Å²) in [6.07, 6.45) is 5.64. The molecule has 0 bridgehead atoms. The first-order valence-corrected chi connectivity index (χ1v) is 9.28. The van der Waals surface area contributed by atoms with Gasteiger partial charge in [0.15, 0.2) is 0 Å². The fraction of sp³-hybridized carbons (Fsp3) is 0.0800. The molecule has 1 heterocycles. The molecule has 0 aliphatic rings. The van der Waals surface area contributed by atoms with E-state index >= 15 is 0 Å². The number of aryl methyl sites for hydroxylation is 2. The first-order chi connectivity index (χ1) is 13.8. The number of hydrogen-bond donors (Lipinski definition) is 0. The summed E-state index contributed by atoms with van der Waals surface area (Å²) in [7, 11) is 0. The van der Waals surface area contributed by atoms with Crippen LogP contribution >= 0.6 is 0 Å². The predicted octanol–water partition coefficient (Wildman–Crippen LogP) is 6.47. The average Bonchev–Trinajstić information content (AvgIpc) is 2.75. The zero-order valence-corrected chi connectivity index (χ0v) is 15.4. The summed E-state index contributed by atoms with van der Waals surface area (Å²) < 4.78 is 19.0. The molecular formula is C25H20FNO. The molecule has 3 aromatic carbocycles. The average molecular weight is 369 g/mol. The second kappa shape index (κ2) is 8.49. The van der Waals surface area contributed by atoms with Gasteiger partial charge in [-0.2, -0.15) is 0 Å². The number of pyridine rings is 1. The molecule has 4 rings (SSSR count). The van der Waals surface area contributed by atoms with E-state index in [-0.39, 0.29) is 5.82 Å². The summed E-state index contributed by atoms with van der Waals surface area (Å²) in [4.78, 5) is 4.15. The van der Waals surface area contributed by atoms with E-state index in [0.29, 0.717) is 0 Å². The maximum Gasteiger partial charge on any atom is 0.127 e. The summed E-state index contributed by atoms with van der Waals surface area (Å²) in [5.74, 6) is 1.35. The van der Waals surface area contributed by atoms with Crippen LogP contribution in [0.2, 0.25) is 0 Å². The molecule has 0 radical (unpaired) electrons. The highest BCUT2D eigenvalue weighted by molar-refractivity contribution is 5.64. The van der Waals surface area contributed by atoms with Crippen LogP contribution in [0.3, 0.4) is 0 Å². The fourth-order valence-electron chi connectivity index (χ4n) is 3.05. The van der Waals surface area contributed by atoms with E-state index in [4.69, 9.17) is 4.74 Å². The minimum atomic E-state index is -0.229. The van der Waals surface area contributed by atoms with Crippen molar-refractivity contribution in [1.29, 1.82) is 0 Å². The lowest BCUT2D eigenvalue weighted by atomic mass is 10.1. The molecule has 0 amide bonds. The summed E-state index contributed by atoms with van der Waals surface area (Å²) in [5.41, 5.74) is 4.51. The van der Waals surface area contributed by atoms with Crippen molar-refractivity contribution in [3.8, 4) is 22.6 Å². The van der Waals surface area contributed by atoms with E-state index in [1.807, 2.05) is 48.7 Å². The molecule has 1 aromatic heterocycles. The number of halogens is 1. The van der Waals surface area contributed by atoms with Gasteiger partial charge >= 0.3 is 0 Å². The van der Waals surface area contributed by atoms with Crippen LogP contribution in [0.25, 0.3) is 11.1 Å². The molecule has 2 nitrogen and oxygen atoms in total.